The van der Waals surface area contributed by atoms with Gasteiger partial charge in [0.2, 0.25) is 0 Å². The second-order valence-corrected chi connectivity index (χ2v) is 5.08. The Balaban J connectivity index is 1.99. The van der Waals surface area contributed by atoms with E-state index in [2.05, 4.69) is 10.2 Å². The van der Waals surface area contributed by atoms with Crippen LogP contribution in [0.2, 0.25) is 0 Å². The minimum Gasteiger partial charge on any atom is -0.491 e. The summed E-state index contributed by atoms with van der Waals surface area (Å²) in [7, 11) is 0. The van der Waals surface area contributed by atoms with Crippen LogP contribution in [0, 0.1) is 11.3 Å². The monoisotopic (exact) mass is 323 g/mol. The molecule has 0 spiro atoms. The Kier molecular flexibility index (Phi) is 6.47. The smallest absolute Gasteiger partial charge is 0.303 e. The fourth-order valence-corrected chi connectivity index (χ4v) is 1.92. The van der Waals surface area contributed by atoms with Gasteiger partial charge >= 0.3 is 5.97 Å². The van der Waals surface area contributed by atoms with E-state index in [-0.39, 0.29) is 19.1 Å². The Labute approximate surface area is 140 Å². The van der Waals surface area contributed by atoms with Gasteiger partial charge in [-0.25, -0.2) is 0 Å². The Morgan fingerprint density at radius 1 is 1.17 bits per heavy atom. The van der Waals surface area contributed by atoms with Crippen molar-refractivity contribution in [2.24, 2.45) is 10.2 Å². The summed E-state index contributed by atoms with van der Waals surface area (Å²) in [6.07, 6.45) is 0.331. The predicted molar refractivity (Wildman–Crippen MR) is 88.3 cm³/mol. The van der Waals surface area contributed by atoms with Crippen molar-refractivity contribution in [1.29, 1.82) is 5.26 Å². The van der Waals surface area contributed by atoms with Gasteiger partial charge in [-0.2, -0.15) is 15.5 Å². The first-order valence-electron chi connectivity index (χ1n) is 7.48. The van der Waals surface area contributed by atoms with Crippen LogP contribution in [0.5, 0.6) is 5.75 Å². The Bertz CT molecular complexity index is 721. The molecule has 122 valence electrons. The van der Waals surface area contributed by atoms with Crippen LogP contribution in [0.1, 0.15) is 18.4 Å². The maximum absolute atomic E-state index is 10.8. The van der Waals surface area contributed by atoms with Crippen LogP contribution in [0.4, 0.5) is 5.69 Å². The van der Waals surface area contributed by atoms with Gasteiger partial charge in [-0.15, -0.1) is 0 Å². The highest BCUT2D eigenvalue weighted by molar-refractivity contribution is 5.66. The fourth-order valence-electron chi connectivity index (χ4n) is 1.92. The number of hydrogen-bond acceptors (Lipinski definition) is 5. The standard InChI is InChI=1S/C18H17N3O3/c19-12-14-6-8-15(9-7-14)20-21-16(10-11-18(22)23)13-24-17-4-2-1-3-5-17/h1-9,16H,10-11,13H2,(H,22,23). The van der Waals surface area contributed by atoms with E-state index in [1.165, 1.54) is 0 Å². The van der Waals surface area contributed by atoms with Crippen LogP contribution in [0.15, 0.2) is 64.8 Å². The third kappa shape index (κ3) is 5.89. The van der Waals surface area contributed by atoms with Crippen molar-refractivity contribution in [3.63, 3.8) is 0 Å². The predicted octanol–water partition coefficient (Wildman–Crippen LogP) is 3.95. The van der Waals surface area contributed by atoms with Crippen LogP contribution < -0.4 is 4.74 Å². The lowest BCUT2D eigenvalue weighted by Crippen LogP contribution is -2.17. The largest absolute Gasteiger partial charge is 0.491 e. The molecule has 2 aromatic carbocycles. The van der Waals surface area contributed by atoms with Gasteiger partial charge < -0.3 is 9.84 Å². The lowest BCUT2D eigenvalue weighted by Gasteiger charge is -2.12. The highest BCUT2D eigenvalue weighted by atomic mass is 16.5. The van der Waals surface area contributed by atoms with Gasteiger partial charge in [0.15, 0.2) is 0 Å². The van der Waals surface area contributed by atoms with Gasteiger partial charge in [0.1, 0.15) is 18.4 Å². The van der Waals surface area contributed by atoms with Crippen molar-refractivity contribution in [2.45, 2.75) is 18.9 Å². The van der Waals surface area contributed by atoms with Crippen LogP contribution in [-0.4, -0.2) is 23.7 Å². The van der Waals surface area contributed by atoms with Crippen molar-refractivity contribution in [3.8, 4) is 11.8 Å². The van der Waals surface area contributed by atoms with Gasteiger partial charge in [0.25, 0.3) is 0 Å². The van der Waals surface area contributed by atoms with E-state index in [1.807, 2.05) is 36.4 Å². The molecule has 0 radical (unpaired) electrons. The van der Waals surface area contributed by atoms with E-state index in [1.54, 1.807) is 24.3 Å². The highest BCUT2D eigenvalue weighted by Gasteiger charge is 2.11. The fraction of sp³-hybridized carbons (Fsp3) is 0.222. The summed E-state index contributed by atoms with van der Waals surface area (Å²) in [6.45, 7) is 0.247. The summed E-state index contributed by atoms with van der Waals surface area (Å²) in [6, 6.07) is 17.6. The molecule has 0 aliphatic heterocycles. The van der Waals surface area contributed by atoms with Gasteiger partial charge in [0.05, 0.1) is 17.3 Å². The average Bonchev–Trinajstić information content (AvgIpc) is 2.62. The summed E-state index contributed by atoms with van der Waals surface area (Å²) in [5, 5.41) is 25.9. The quantitative estimate of drug-likeness (QED) is 0.744. The molecule has 6 nitrogen and oxygen atoms in total. The molecular formula is C18H17N3O3. The van der Waals surface area contributed by atoms with Gasteiger partial charge in [-0.05, 0) is 42.8 Å². The molecular weight excluding hydrogens is 306 g/mol. The Morgan fingerprint density at radius 2 is 1.88 bits per heavy atom. The van der Waals surface area contributed by atoms with Gasteiger partial charge in [-0.1, -0.05) is 18.2 Å². The molecule has 0 amide bonds. The molecule has 1 N–H and O–H groups in total. The first-order valence-corrected chi connectivity index (χ1v) is 7.48. The number of carbonyl (C=O) groups is 1. The van der Waals surface area contributed by atoms with Crippen LogP contribution in [-0.2, 0) is 4.79 Å². The Morgan fingerprint density at radius 3 is 2.50 bits per heavy atom. The zero-order valence-corrected chi connectivity index (χ0v) is 13.0. The number of rotatable bonds is 8. The number of aliphatic carboxylic acids is 1. The molecule has 24 heavy (non-hydrogen) atoms. The number of carboxylic acids is 1. The molecule has 1 unspecified atom stereocenters. The topological polar surface area (TPSA) is 95.0 Å². The molecule has 0 saturated heterocycles. The van der Waals surface area contributed by atoms with Gasteiger partial charge in [0, 0.05) is 6.42 Å². The van der Waals surface area contributed by atoms with Crippen molar-refractivity contribution >= 4 is 11.7 Å². The molecule has 0 bridgehead atoms. The first kappa shape index (κ1) is 17.2. The van der Waals surface area contributed by atoms with Crippen LogP contribution in [0.3, 0.4) is 0 Å². The first-order chi connectivity index (χ1) is 11.7. The summed E-state index contributed by atoms with van der Waals surface area (Å²) >= 11 is 0. The number of para-hydroxylation sites is 1. The second kappa shape index (κ2) is 9.06. The summed E-state index contributed by atoms with van der Waals surface area (Å²) < 4.78 is 5.64. The molecule has 2 rings (SSSR count). The minimum absolute atomic E-state index is 0.00476. The number of carboxylic acid groups (broad SMARTS) is 1. The van der Waals surface area contributed by atoms with E-state index in [0.29, 0.717) is 23.4 Å². The second-order valence-electron chi connectivity index (χ2n) is 5.08. The van der Waals surface area contributed by atoms with Crippen molar-refractivity contribution < 1.29 is 14.6 Å². The molecule has 6 heteroatoms. The van der Waals surface area contributed by atoms with Crippen molar-refractivity contribution in [3.05, 3.63) is 60.2 Å². The van der Waals surface area contributed by atoms with Crippen molar-refractivity contribution in [1.82, 2.24) is 0 Å². The third-order valence-corrected chi connectivity index (χ3v) is 3.21. The van der Waals surface area contributed by atoms with E-state index in [9.17, 15) is 4.79 Å². The molecule has 0 fully saturated rings. The Hall–Kier alpha value is -3.20. The van der Waals surface area contributed by atoms with Crippen molar-refractivity contribution in [2.75, 3.05) is 6.61 Å². The maximum Gasteiger partial charge on any atom is 0.303 e. The zero-order valence-electron chi connectivity index (χ0n) is 13.0. The summed E-state index contributed by atoms with van der Waals surface area (Å²) in [5.41, 5.74) is 1.15. The minimum atomic E-state index is -0.881. The number of azo groups is 1. The normalized spacial score (nSPS) is 11.8. The number of nitriles is 1. The number of nitrogens with zero attached hydrogens (tertiary/aromatic N) is 3. The summed E-state index contributed by atoms with van der Waals surface area (Å²) in [5.74, 6) is -0.181. The average molecular weight is 323 g/mol. The van der Waals surface area contributed by atoms with E-state index in [0.717, 1.165) is 0 Å². The molecule has 0 aliphatic rings. The molecule has 1 atom stereocenters. The van der Waals surface area contributed by atoms with Crippen LogP contribution >= 0.6 is 0 Å². The SMILES string of the molecule is N#Cc1ccc(N=NC(CCC(=O)O)COc2ccccc2)cc1. The lowest BCUT2D eigenvalue weighted by atomic mass is 10.2. The maximum atomic E-state index is 10.8. The third-order valence-electron chi connectivity index (χ3n) is 3.21. The number of benzene rings is 2. The molecule has 2 aromatic rings. The lowest BCUT2D eigenvalue weighted by molar-refractivity contribution is -0.137. The highest BCUT2D eigenvalue weighted by Crippen LogP contribution is 2.16. The number of ether oxygens (including phenoxy) is 1. The molecule has 0 saturated carbocycles. The van der Waals surface area contributed by atoms with Gasteiger partial charge in [-0.3, -0.25) is 4.79 Å². The van der Waals surface area contributed by atoms with E-state index < -0.39 is 5.97 Å². The van der Waals surface area contributed by atoms with E-state index >= 15 is 0 Å². The zero-order chi connectivity index (χ0) is 17.2. The molecule has 0 aromatic heterocycles. The molecule has 0 heterocycles. The van der Waals surface area contributed by atoms with Crippen LogP contribution in [0.25, 0.3) is 0 Å². The number of hydrogen-bond donors (Lipinski definition) is 1. The van der Waals surface area contributed by atoms with E-state index in [4.69, 9.17) is 15.1 Å². The summed E-state index contributed by atoms with van der Waals surface area (Å²) in [4.78, 5) is 10.8. The molecule has 0 aliphatic carbocycles.